The van der Waals surface area contributed by atoms with Crippen molar-refractivity contribution in [1.82, 2.24) is 9.78 Å². The molecule has 1 N–H and O–H groups in total. The van der Waals surface area contributed by atoms with Crippen molar-refractivity contribution >= 4 is 11.5 Å². The zero-order chi connectivity index (χ0) is 11.9. The molecule has 0 atom stereocenters. The van der Waals surface area contributed by atoms with E-state index in [1.54, 1.807) is 0 Å². The van der Waals surface area contributed by atoms with Crippen molar-refractivity contribution in [2.24, 2.45) is 7.05 Å². The summed E-state index contributed by atoms with van der Waals surface area (Å²) < 4.78 is 1.99. The van der Waals surface area contributed by atoms with Gasteiger partial charge >= 0.3 is 0 Å². The minimum Gasteiger partial charge on any atom is -0.378 e. The Morgan fingerprint density at radius 2 is 2.06 bits per heavy atom. The molecule has 0 fully saturated rings. The number of aromatic nitrogens is 2. The first-order valence-electron chi connectivity index (χ1n) is 6.01. The second-order valence-corrected chi connectivity index (χ2v) is 5.24. The predicted octanol–water partition coefficient (Wildman–Crippen LogP) is 2.01. The Labute approximate surface area is 97.6 Å². The van der Waals surface area contributed by atoms with Crippen LogP contribution in [-0.2, 0) is 13.5 Å². The molecule has 1 aromatic rings. The quantitative estimate of drug-likeness (QED) is 0.831. The molecule has 16 heavy (non-hydrogen) atoms. The van der Waals surface area contributed by atoms with Crippen LogP contribution in [-0.4, -0.2) is 28.9 Å². The van der Waals surface area contributed by atoms with Crippen LogP contribution < -0.4 is 10.2 Å². The molecule has 0 aliphatic carbocycles. The molecule has 0 saturated carbocycles. The number of nitrogens with one attached hydrogen (secondary N) is 1. The average molecular weight is 222 g/mol. The van der Waals surface area contributed by atoms with Gasteiger partial charge in [0.1, 0.15) is 5.69 Å². The van der Waals surface area contributed by atoms with Crippen LogP contribution in [0.1, 0.15) is 32.9 Å². The van der Waals surface area contributed by atoms with Crippen LogP contribution in [0, 0.1) is 0 Å². The van der Waals surface area contributed by atoms with Gasteiger partial charge in [-0.3, -0.25) is 4.68 Å². The average Bonchev–Trinajstić information content (AvgIpc) is 2.51. The first-order valence-corrected chi connectivity index (χ1v) is 6.01. The summed E-state index contributed by atoms with van der Waals surface area (Å²) in [6, 6.07) is 0. The van der Waals surface area contributed by atoms with E-state index < -0.39 is 0 Å². The fourth-order valence-corrected chi connectivity index (χ4v) is 2.26. The van der Waals surface area contributed by atoms with E-state index in [0.29, 0.717) is 0 Å². The molecule has 1 aliphatic rings. The highest BCUT2D eigenvalue weighted by Gasteiger charge is 2.34. The van der Waals surface area contributed by atoms with E-state index in [2.05, 4.69) is 43.1 Å². The third kappa shape index (κ3) is 1.56. The highest BCUT2D eigenvalue weighted by atomic mass is 15.4. The number of hydrogen-bond donors (Lipinski definition) is 1. The van der Waals surface area contributed by atoms with Gasteiger partial charge in [-0.2, -0.15) is 5.10 Å². The maximum Gasteiger partial charge on any atom is 0.150 e. The molecule has 2 heterocycles. The van der Waals surface area contributed by atoms with Crippen LogP contribution in [0.15, 0.2) is 0 Å². The number of rotatable bonds is 2. The van der Waals surface area contributed by atoms with Gasteiger partial charge in [0, 0.05) is 20.6 Å². The summed E-state index contributed by atoms with van der Waals surface area (Å²) in [5.41, 5.74) is 2.57. The van der Waals surface area contributed by atoms with Crippen molar-refractivity contribution in [3.8, 4) is 0 Å². The fraction of sp³-hybridized carbons (Fsp3) is 0.750. The number of likely N-dealkylation sites (N-methyl/N-ethyl adjacent to an activating group) is 1. The maximum atomic E-state index is 4.61. The van der Waals surface area contributed by atoms with E-state index in [9.17, 15) is 0 Å². The topological polar surface area (TPSA) is 33.1 Å². The zero-order valence-electron chi connectivity index (χ0n) is 11.0. The molecule has 1 aromatic heterocycles. The SMILES string of the molecule is CCCc1nn(C)c2c1NCC(C)(C)N2C. The fourth-order valence-electron chi connectivity index (χ4n) is 2.26. The molecule has 0 unspecified atom stereocenters. The molecule has 90 valence electrons. The molecule has 1 aliphatic heterocycles. The van der Waals surface area contributed by atoms with Crippen molar-refractivity contribution < 1.29 is 0 Å². The lowest BCUT2D eigenvalue weighted by Gasteiger charge is -2.41. The Morgan fingerprint density at radius 1 is 1.38 bits per heavy atom. The molecule has 0 saturated heterocycles. The number of fused-ring (bicyclic) bond motifs is 1. The summed E-state index contributed by atoms with van der Waals surface area (Å²) in [5, 5.41) is 8.14. The van der Waals surface area contributed by atoms with Gasteiger partial charge in [-0.25, -0.2) is 0 Å². The molecule has 2 rings (SSSR count). The van der Waals surface area contributed by atoms with E-state index in [-0.39, 0.29) is 5.54 Å². The van der Waals surface area contributed by atoms with Crippen LogP contribution in [0.25, 0.3) is 0 Å². The monoisotopic (exact) mass is 222 g/mol. The van der Waals surface area contributed by atoms with Gasteiger partial charge in [-0.1, -0.05) is 13.3 Å². The molecule has 0 amide bonds. The predicted molar refractivity (Wildman–Crippen MR) is 68.2 cm³/mol. The molecule has 0 radical (unpaired) electrons. The lowest BCUT2D eigenvalue weighted by atomic mass is 10.00. The smallest absolute Gasteiger partial charge is 0.150 e. The Morgan fingerprint density at radius 3 is 2.69 bits per heavy atom. The lowest BCUT2D eigenvalue weighted by molar-refractivity contribution is 0.489. The second kappa shape index (κ2) is 3.68. The van der Waals surface area contributed by atoms with E-state index in [1.807, 2.05) is 11.7 Å². The number of hydrogen-bond acceptors (Lipinski definition) is 3. The third-order valence-corrected chi connectivity index (χ3v) is 3.50. The molecule has 0 aromatic carbocycles. The highest BCUT2D eigenvalue weighted by Crippen LogP contribution is 2.37. The molecule has 4 heteroatoms. The van der Waals surface area contributed by atoms with Crippen LogP contribution >= 0.6 is 0 Å². The van der Waals surface area contributed by atoms with Gasteiger partial charge in [-0.05, 0) is 20.3 Å². The number of aryl methyl sites for hydroxylation is 2. The second-order valence-electron chi connectivity index (χ2n) is 5.24. The first-order chi connectivity index (χ1) is 7.47. The molecular weight excluding hydrogens is 200 g/mol. The minimum atomic E-state index is 0.143. The van der Waals surface area contributed by atoms with Crippen molar-refractivity contribution in [3.63, 3.8) is 0 Å². The zero-order valence-corrected chi connectivity index (χ0v) is 11.0. The summed E-state index contributed by atoms with van der Waals surface area (Å²) in [7, 11) is 4.18. The van der Waals surface area contributed by atoms with Gasteiger partial charge in [0.2, 0.25) is 0 Å². The summed E-state index contributed by atoms with van der Waals surface area (Å²) in [4.78, 5) is 2.32. The third-order valence-electron chi connectivity index (χ3n) is 3.50. The maximum absolute atomic E-state index is 4.61. The van der Waals surface area contributed by atoms with E-state index in [1.165, 1.54) is 17.2 Å². The number of nitrogens with zero attached hydrogens (tertiary/aromatic N) is 3. The highest BCUT2D eigenvalue weighted by molar-refractivity contribution is 5.72. The van der Waals surface area contributed by atoms with Crippen LogP contribution in [0.5, 0.6) is 0 Å². The Hall–Kier alpha value is -1.19. The normalized spacial score (nSPS) is 18.2. The minimum absolute atomic E-state index is 0.143. The Bertz CT molecular complexity index is 392. The summed E-state index contributed by atoms with van der Waals surface area (Å²) >= 11 is 0. The van der Waals surface area contributed by atoms with Crippen molar-refractivity contribution in [2.75, 3.05) is 23.8 Å². The van der Waals surface area contributed by atoms with Crippen LogP contribution in [0.3, 0.4) is 0 Å². The van der Waals surface area contributed by atoms with Gasteiger partial charge in [-0.15, -0.1) is 0 Å². The van der Waals surface area contributed by atoms with Crippen molar-refractivity contribution in [2.45, 2.75) is 39.2 Å². The summed E-state index contributed by atoms with van der Waals surface area (Å²) in [6.45, 7) is 7.65. The first kappa shape index (κ1) is 11.3. The molecule has 0 spiro atoms. The largest absolute Gasteiger partial charge is 0.378 e. The van der Waals surface area contributed by atoms with Gasteiger partial charge in [0.25, 0.3) is 0 Å². The van der Waals surface area contributed by atoms with E-state index in [4.69, 9.17) is 0 Å². The Balaban J connectivity index is 2.45. The van der Waals surface area contributed by atoms with E-state index >= 15 is 0 Å². The van der Waals surface area contributed by atoms with Crippen molar-refractivity contribution in [3.05, 3.63) is 5.69 Å². The number of anilines is 2. The van der Waals surface area contributed by atoms with Crippen LogP contribution in [0.4, 0.5) is 11.5 Å². The summed E-state index contributed by atoms with van der Waals surface area (Å²) in [5.74, 6) is 1.21. The molecular formula is C12H22N4. The molecule has 4 nitrogen and oxygen atoms in total. The van der Waals surface area contributed by atoms with Gasteiger partial charge in [0.15, 0.2) is 5.82 Å². The standard InChI is InChI=1S/C12H22N4/c1-6-7-9-10-11(16(5)14-9)15(4)12(2,3)8-13-10/h13H,6-8H2,1-5H3. The molecule has 0 bridgehead atoms. The van der Waals surface area contributed by atoms with Gasteiger partial charge in [0.05, 0.1) is 11.2 Å². The lowest BCUT2D eigenvalue weighted by Crippen LogP contribution is -2.50. The van der Waals surface area contributed by atoms with Crippen molar-refractivity contribution in [1.29, 1.82) is 0 Å². The van der Waals surface area contributed by atoms with Crippen LogP contribution in [0.2, 0.25) is 0 Å². The summed E-state index contributed by atoms with van der Waals surface area (Å²) in [6.07, 6.45) is 2.18. The van der Waals surface area contributed by atoms with Gasteiger partial charge < -0.3 is 10.2 Å². The van der Waals surface area contributed by atoms with E-state index in [0.717, 1.165) is 19.4 Å². The Kier molecular flexibility index (Phi) is 2.60.